The van der Waals surface area contributed by atoms with Crippen molar-refractivity contribution >= 4 is 5.91 Å². The molecule has 0 aromatic carbocycles. The van der Waals surface area contributed by atoms with Crippen LogP contribution in [0.3, 0.4) is 0 Å². The highest BCUT2D eigenvalue weighted by molar-refractivity contribution is 5.93. The summed E-state index contributed by atoms with van der Waals surface area (Å²) in [5, 5.41) is 6.50. The summed E-state index contributed by atoms with van der Waals surface area (Å²) in [5.41, 5.74) is 2.59. The van der Waals surface area contributed by atoms with Crippen LogP contribution in [0.1, 0.15) is 33.3 Å². The smallest absolute Gasteiger partial charge is 0.257 e. The number of aryl methyl sites for hydroxylation is 2. The fourth-order valence-electron chi connectivity index (χ4n) is 2.88. The van der Waals surface area contributed by atoms with E-state index in [4.69, 9.17) is 4.42 Å². The average Bonchev–Trinajstić information content (AvgIpc) is 3.29. The second-order valence-electron chi connectivity index (χ2n) is 5.80. The van der Waals surface area contributed by atoms with Gasteiger partial charge < -0.3 is 9.32 Å². The summed E-state index contributed by atoms with van der Waals surface area (Å²) < 4.78 is 5.86. The van der Waals surface area contributed by atoms with E-state index in [1.54, 1.807) is 23.5 Å². The molecule has 0 fully saturated rings. The highest BCUT2D eigenvalue weighted by Gasteiger charge is 2.26. The molecule has 122 valence electrons. The van der Waals surface area contributed by atoms with Crippen LogP contribution >= 0.6 is 0 Å². The summed E-state index contributed by atoms with van der Waals surface area (Å²) in [6.45, 7) is 1.12. The molecule has 4 rings (SSSR count). The Morgan fingerprint density at radius 2 is 2.29 bits per heavy atom. The first-order valence-corrected chi connectivity index (χ1v) is 7.94. The predicted molar refractivity (Wildman–Crippen MR) is 85.2 cm³/mol. The SMILES string of the molecule is O=C(c1cn[nH]c1)N1CCc2oc(CCc3cccnc3)nc2C1. The first-order chi connectivity index (χ1) is 11.8. The van der Waals surface area contributed by atoms with E-state index in [1.807, 2.05) is 18.3 Å². The number of carbonyl (C=O) groups excluding carboxylic acids is 1. The van der Waals surface area contributed by atoms with Crippen LogP contribution in [0.15, 0.2) is 41.3 Å². The third-order valence-electron chi connectivity index (χ3n) is 4.15. The Morgan fingerprint density at radius 3 is 3.08 bits per heavy atom. The monoisotopic (exact) mass is 323 g/mol. The van der Waals surface area contributed by atoms with E-state index in [1.165, 1.54) is 0 Å². The lowest BCUT2D eigenvalue weighted by atomic mass is 10.1. The number of carbonyl (C=O) groups is 1. The number of hydrogen-bond donors (Lipinski definition) is 1. The van der Waals surface area contributed by atoms with Crippen LogP contribution in [0.2, 0.25) is 0 Å². The largest absolute Gasteiger partial charge is 0.445 e. The molecule has 1 aliphatic heterocycles. The molecular weight excluding hydrogens is 306 g/mol. The van der Waals surface area contributed by atoms with Crippen molar-refractivity contribution in [2.75, 3.05) is 6.54 Å². The van der Waals surface area contributed by atoms with Gasteiger partial charge >= 0.3 is 0 Å². The quantitative estimate of drug-likeness (QED) is 0.790. The number of aromatic nitrogens is 4. The zero-order valence-electron chi connectivity index (χ0n) is 13.1. The molecule has 0 unspecified atom stereocenters. The van der Waals surface area contributed by atoms with Crippen LogP contribution < -0.4 is 0 Å². The molecule has 7 nitrogen and oxygen atoms in total. The molecule has 1 N–H and O–H groups in total. The zero-order chi connectivity index (χ0) is 16.4. The number of oxazole rings is 1. The lowest BCUT2D eigenvalue weighted by Gasteiger charge is -2.24. The summed E-state index contributed by atoms with van der Waals surface area (Å²) in [4.78, 5) is 22.9. The van der Waals surface area contributed by atoms with Crippen molar-refractivity contribution in [2.24, 2.45) is 0 Å². The van der Waals surface area contributed by atoms with Gasteiger partial charge in [0, 0.05) is 38.0 Å². The van der Waals surface area contributed by atoms with E-state index in [2.05, 4.69) is 20.2 Å². The Hall–Kier alpha value is -2.96. The van der Waals surface area contributed by atoms with E-state index in [9.17, 15) is 4.79 Å². The van der Waals surface area contributed by atoms with Crippen molar-refractivity contribution in [3.63, 3.8) is 0 Å². The van der Waals surface area contributed by atoms with Crippen LogP contribution in [0.4, 0.5) is 0 Å². The van der Waals surface area contributed by atoms with Gasteiger partial charge in [0.2, 0.25) is 0 Å². The molecule has 0 saturated heterocycles. The summed E-state index contributed by atoms with van der Waals surface area (Å²) in [7, 11) is 0. The molecular formula is C17H17N5O2. The van der Waals surface area contributed by atoms with Gasteiger partial charge in [-0.15, -0.1) is 0 Å². The second-order valence-corrected chi connectivity index (χ2v) is 5.80. The summed E-state index contributed by atoms with van der Waals surface area (Å²) in [6, 6.07) is 3.97. The van der Waals surface area contributed by atoms with E-state index in [0.717, 1.165) is 35.7 Å². The van der Waals surface area contributed by atoms with Gasteiger partial charge in [-0.25, -0.2) is 4.98 Å². The third kappa shape index (κ3) is 2.92. The molecule has 24 heavy (non-hydrogen) atoms. The second kappa shape index (κ2) is 6.27. The van der Waals surface area contributed by atoms with Gasteiger partial charge in [0.05, 0.1) is 18.3 Å². The molecule has 0 atom stereocenters. The molecule has 4 heterocycles. The number of rotatable bonds is 4. The molecule has 1 amide bonds. The van der Waals surface area contributed by atoms with Crippen molar-refractivity contribution in [1.29, 1.82) is 0 Å². The molecule has 1 aliphatic rings. The average molecular weight is 323 g/mol. The first kappa shape index (κ1) is 14.6. The van der Waals surface area contributed by atoms with Crippen LogP contribution in [-0.4, -0.2) is 37.5 Å². The number of H-pyrrole nitrogens is 1. The van der Waals surface area contributed by atoms with Gasteiger partial charge in [0.25, 0.3) is 5.91 Å². The van der Waals surface area contributed by atoms with E-state index in [-0.39, 0.29) is 5.91 Å². The third-order valence-corrected chi connectivity index (χ3v) is 4.15. The normalized spacial score (nSPS) is 13.8. The number of nitrogens with one attached hydrogen (secondary N) is 1. The lowest BCUT2D eigenvalue weighted by molar-refractivity contribution is 0.0728. The Bertz CT molecular complexity index is 826. The van der Waals surface area contributed by atoms with Gasteiger partial charge in [-0.05, 0) is 18.1 Å². The van der Waals surface area contributed by atoms with Crippen molar-refractivity contribution < 1.29 is 9.21 Å². The maximum Gasteiger partial charge on any atom is 0.257 e. The number of aromatic amines is 1. The maximum atomic E-state index is 12.4. The number of nitrogens with zero attached hydrogens (tertiary/aromatic N) is 4. The zero-order valence-corrected chi connectivity index (χ0v) is 13.1. The molecule has 0 bridgehead atoms. The van der Waals surface area contributed by atoms with Crippen molar-refractivity contribution in [3.8, 4) is 0 Å². The molecule has 0 aliphatic carbocycles. The maximum absolute atomic E-state index is 12.4. The van der Waals surface area contributed by atoms with E-state index >= 15 is 0 Å². The molecule has 0 saturated carbocycles. The number of amides is 1. The van der Waals surface area contributed by atoms with E-state index in [0.29, 0.717) is 25.1 Å². The van der Waals surface area contributed by atoms with Gasteiger partial charge in [0.15, 0.2) is 5.89 Å². The fraction of sp³-hybridized carbons (Fsp3) is 0.294. The van der Waals surface area contributed by atoms with Gasteiger partial charge in [-0.3, -0.25) is 14.9 Å². The van der Waals surface area contributed by atoms with E-state index < -0.39 is 0 Å². The lowest BCUT2D eigenvalue weighted by Crippen LogP contribution is -2.35. The van der Waals surface area contributed by atoms with Crippen LogP contribution in [0.5, 0.6) is 0 Å². The fourth-order valence-corrected chi connectivity index (χ4v) is 2.88. The minimum Gasteiger partial charge on any atom is -0.445 e. The standard InChI is InChI=1S/C17H17N5O2/c23-17(13-9-19-20-10-13)22-7-5-15-14(11-22)21-16(24-15)4-3-12-2-1-6-18-8-12/h1-2,6,8-10H,3-5,7,11H2,(H,19,20). The number of hydrogen-bond acceptors (Lipinski definition) is 5. The summed E-state index contributed by atoms with van der Waals surface area (Å²) in [6.07, 6.45) is 9.03. The molecule has 3 aromatic heterocycles. The minimum atomic E-state index is -0.0330. The van der Waals surface area contributed by atoms with Gasteiger partial charge in [-0.1, -0.05) is 6.07 Å². The number of fused-ring (bicyclic) bond motifs is 1. The summed E-state index contributed by atoms with van der Waals surface area (Å²) >= 11 is 0. The first-order valence-electron chi connectivity index (χ1n) is 7.94. The van der Waals surface area contributed by atoms with Crippen molar-refractivity contribution in [1.82, 2.24) is 25.1 Å². The Labute approximate surface area is 138 Å². The van der Waals surface area contributed by atoms with Crippen LogP contribution in [-0.2, 0) is 25.8 Å². The van der Waals surface area contributed by atoms with Crippen molar-refractivity contribution in [2.45, 2.75) is 25.8 Å². The van der Waals surface area contributed by atoms with Crippen LogP contribution in [0.25, 0.3) is 0 Å². The summed E-state index contributed by atoms with van der Waals surface area (Å²) in [5.74, 6) is 1.59. The van der Waals surface area contributed by atoms with Crippen LogP contribution in [0, 0.1) is 0 Å². The van der Waals surface area contributed by atoms with Gasteiger partial charge in [-0.2, -0.15) is 5.10 Å². The minimum absolute atomic E-state index is 0.0330. The molecule has 7 heteroatoms. The topological polar surface area (TPSA) is 87.9 Å². The Morgan fingerprint density at radius 1 is 1.33 bits per heavy atom. The molecule has 0 radical (unpaired) electrons. The molecule has 0 spiro atoms. The van der Waals surface area contributed by atoms with Gasteiger partial charge in [0.1, 0.15) is 11.5 Å². The highest BCUT2D eigenvalue weighted by atomic mass is 16.4. The Kier molecular flexibility index (Phi) is 3.82. The van der Waals surface area contributed by atoms with Crippen molar-refractivity contribution in [3.05, 3.63) is 65.4 Å². The molecule has 3 aromatic rings. The Balaban J connectivity index is 1.43. The highest BCUT2D eigenvalue weighted by Crippen LogP contribution is 2.22. The predicted octanol–water partition coefficient (Wildman–Crippen LogP) is 1.78. The number of pyridine rings is 1.